The molecule has 2 fully saturated rings. The van der Waals surface area contributed by atoms with E-state index in [1.165, 1.54) is 16.7 Å². The third kappa shape index (κ3) is 4.93. The van der Waals surface area contributed by atoms with Crippen LogP contribution in [-0.4, -0.2) is 65.8 Å². The van der Waals surface area contributed by atoms with Crippen molar-refractivity contribution in [3.63, 3.8) is 0 Å². The summed E-state index contributed by atoms with van der Waals surface area (Å²) in [5.74, 6) is -1.92. The molecule has 1 aromatic heterocycles. The zero-order chi connectivity index (χ0) is 27.3. The Labute approximate surface area is 244 Å². The number of ether oxygens (including phenoxy) is 2. The highest BCUT2D eigenvalue weighted by atomic mass is 79.9. The number of aromatic amines is 1. The molecule has 0 bridgehead atoms. The zero-order valence-corrected chi connectivity index (χ0v) is 24.2. The summed E-state index contributed by atoms with van der Waals surface area (Å²) in [5.41, 5.74) is 1.05. The fourth-order valence-corrected chi connectivity index (χ4v) is 8.14. The van der Waals surface area contributed by atoms with Gasteiger partial charge in [-0.15, -0.1) is 0 Å². The number of morpholine rings is 1. The van der Waals surface area contributed by atoms with Crippen LogP contribution in [0.4, 0.5) is 5.69 Å². The van der Waals surface area contributed by atoms with E-state index >= 15 is 0 Å². The van der Waals surface area contributed by atoms with Gasteiger partial charge in [0, 0.05) is 38.9 Å². The average molecular weight is 651 g/mol. The van der Waals surface area contributed by atoms with Gasteiger partial charge in [0.25, 0.3) is 5.91 Å². The minimum atomic E-state index is -0.788. The molecule has 0 radical (unpaired) electrons. The molecule has 2 aromatic carbocycles. The fraction of sp³-hybridized carbons (Fsp3) is 0.308. The number of anilines is 1. The summed E-state index contributed by atoms with van der Waals surface area (Å²) in [6, 6.07) is 11.9. The lowest BCUT2D eigenvalue weighted by atomic mass is 9.82. The smallest absolute Gasteiger partial charge is 0.305 e. The van der Waals surface area contributed by atoms with Gasteiger partial charge in [-0.1, -0.05) is 50.6 Å². The number of thioether (sulfide) groups is 1. The molecule has 202 valence electrons. The number of amides is 3. The largest absolute Gasteiger partial charge is 0.483 e. The molecule has 4 heterocycles. The van der Waals surface area contributed by atoms with Crippen molar-refractivity contribution in [2.24, 2.45) is 5.92 Å². The van der Waals surface area contributed by atoms with Crippen molar-refractivity contribution in [3.8, 4) is 5.75 Å². The van der Waals surface area contributed by atoms with Crippen LogP contribution in [0.2, 0.25) is 5.02 Å². The van der Waals surface area contributed by atoms with Crippen molar-refractivity contribution < 1.29 is 23.9 Å². The van der Waals surface area contributed by atoms with Gasteiger partial charge in [0.15, 0.2) is 6.61 Å². The van der Waals surface area contributed by atoms with Gasteiger partial charge >= 0.3 is 4.87 Å². The molecule has 2 saturated heterocycles. The Morgan fingerprint density at radius 1 is 1.10 bits per heavy atom. The van der Waals surface area contributed by atoms with Crippen LogP contribution in [0, 0.1) is 5.92 Å². The van der Waals surface area contributed by atoms with Crippen LogP contribution in [0.3, 0.4) is 0 Å². The van der Waals surface area contributed by atoms with Crippen LogP contribution in [0.5, 0.6) is 5.75 Å². The second kappa shape index (κ2) is 10.7. The first-order chi connectivity index (χ1) is 18.8. The zero-order valence-electron chi connectivity index (χ0n) is 20.2. The second-order valence-electron chi connectivity index (χ2n) is 9.20. The molecule has 1 N–H and O–H groups in total. The molecule has 13 heteroatoms. The van der Waals surface area contributed by atoms with E-state index in [4.69, 9.17) is 21.1 Å². The van der Waals surface area contributed by atoms with Gasteiger partial charge in [0.05, 0.1) is 29.8 Å². The first-order valence-electron chi connectivity index (χ1n) is 12.1. The van der Waals surface area contributed by atoms with E-state index in [0.29, 0.717) is 58.2 Å². The number of rotatable bonds is 5. The first kappa shape index (κ1) is 26.6. The van der Waals surface area contributed by atoms with E-state index in [9.17, 15) is 19.2 Å². The number of H-pyrrole nitrogens is 1. The molecule has 2 unspecified atom stereocenters. The molecule has 6 rings (SSSR count). The third-order valence-corrected chi connectivity index (χ3v) is 10.1. The SMILES string of the molecule is O=C(COc1ccc(Br)cc1[C@H]1c2sc(=O)[nH]c2SC2C(=O)N(c3ccc(Cl)cc3)C(=O)C21)N1CCOCC1. The van der Waals surface area contributed by atoms with E-state index in [2.05, 4.69) is 20.9 Å². The summed E-state index contributed by atoms with van der Waals surface area (Å²) in [4.78, 5) is 58.9. The van der Waals surface area contributed by atoms with Gasteiger partial charge in [-0.3, -0.25) is 19.2 Å². The van der Waals surface area contributed by atoms with Crippen LogP contribution in [-0.2, 0) is 19.1 Å². The molecule has 0 spiro atoms. The number of hydrogen-bond donors (Lipinski definition) is 1. The van der Waals surface area contributed by atoms with E-state index in [1.807, 2.05) is 6.07 Å². The summed E-state index contributed by atoms with van der Waals surface area (Å²) in [6.45, 7) is 1.76. The first-order valence-corrected chi connectivity index (χ1v) is 15.0. The van der Waals surface area contributed by atoms with Crippen molar-refractivity contribution in [1.82, 2.24) is 9.88 Å². The van der Waals surface area contributed by atoms with Crippen molar-refractivity contribution in [3.05, 3.63) is 72.1 Å². The number of nitrogens with zero attached hydrogens (tertiary/aromatic N) is 2. The van der Waals surface area contributed by atoms with Gasteiger partial charge in [-0.2, -0.15) is 0 Å². The quantitative estimate of drug-likeness (QED) is 0.418. The number of aromatic nitrogens is 1. The number of carbonyl (C=O) groups is 3. The van der Waals surface area contributed by atoms with Crippen LogP contribution in [0.25, 0.3) is 0 Å². The van der Waals surface area contributed by atoms with Crippen LogP contribution < -0.4 is 14.5 Å². The number of benzene rings is 2. The lowest BCUT2D eigenvalue weighted by molar-refractivity contribution is -0.137. The fourth-order valence-electron chi connectivity index (χ4n) is 5.13. The lowest BCUT2D eigenvalue weighted by Crippen LogP contribution is -2.43. The van der Waals surface area contributed by atoms with Crippen molar-refractivity contribution in [2.45, 2.75) is 16.2 Å². The summed E-state index contributed by atoms with van der Waals surface area (Å²) in [5, 5.41) is 0.299. The summed E-state index contributed by atoms with van der Waals surface area (Å²) < 4.78 is 12.1. The van der Waals surface area contributed by atoms with Crippen molar-refractivity contribution in [2.75, 3.05) is 37.8 Å². The monoisotopic (exact) mass is 649 g/mol. The third-order valence-electron chi connectivity index (χ3n) is 6.93. The van der Waals surface area contributed by atoms with E-state index in [-0.39, 0.29) is 29.2 Å². The minimum Gasteiger partial charge on any atom is -0.483 e. The molecule has 3 atom stereocenters. The number of imide groups is 1. The molecule has 3 amide bonds. The van der Waals surface area contributed by atoms with E-state index in [0.717, 1.165) is 15.8 Å². The maximum atomic E-state index is 14.0. The Balaban J connectivity index is 1.39. The number of halogens is 2. The molecule has 39 heavy (non-hydrogen) atoms. The topological polar surface area (TPSA) is 109 Å². The minimum absolute atomic E-state index is 0.169. The number of nitrogens with one attached hydrogen (secondary N) is 1. The lowest BCUT2D eigenvalue weighted by Gasteiger charge is -2.31. The predicted molar refractivity (Wildman–Crippen MR) is 151 cm³/mol. The van der Waals surface area contributed by atoms with Gasteiger partial charge in [0.2, 0.25) is 11.8 Å². The molecule has 0 aliphatic carbocycles. The maximum absolute atomic E-state index is 14.0. The number of fused-ring (bicyclic) bond motifs is 2. The molecule has 3 aliphatic heterocycles. The Morgan fingerprint density at radius 3 is 2.59 bits per heavy atom. The Bertz CT molecular complexity index is 1520. The second-order valence-corrected chi connectivity index (χ2v) is 12.7. The van der Waals surface area contributed by atoms with Crippen LogP contribution in [0.15, 0.2) is 56.8 Å². The highest BCUT2D eigenvalue weighted by molar-refractivity contribution is 9.10. The van der Waals surface area contributed by atoms with Gasteiger partial charge in [-0.25, -0.2) is 4.90 Å². The number of carbonyl (C=O) groups excluding carboxylic acids is 3. The molecule has 0 saturated carbocycles. The van der Waals surface area contributed by atoms with Crippen molar-refractivity contribution >= 4 is 74.0 Å². The highest BCUT2D eigenvalue weighted by Crippen LogP contribution is 2.54. The molecular weight excluding hydrogens is 630 g/mol. The summed E-state index contributed by atoms with van der Waals surface area (Å²) in [7, 11) is 0. The van der Waals surface area contributed by atoms with E-state index < -0.39 is 17.1 Å². The summed E-state index contributed by atoms with van der Waals surface area (Å²) in [6.07, 6.45) is 0. The van der Waals surface area contributed by atoms with Crippen LogP contribution in [0.1, 0.15) is 16.4 Å². The van der Waals surface area contributed by atoms with Gasteiger partial charge in [-0.05, 0) is 42.5 Å². The molecule has 3 aromatic rings. The Kier molecular flexibility index (Phi) is 7.32. The van der Waals surface area contributed by atoms with E-state index in [1.54, 1.807) is 41.3 Å². The normalized spacial score (nSPS) is 22.6. The standard InChI is InChI=1S/C26H21BrClN3O6S2/c27-13-1-6-17(37-12-18(32)30-7-9-36-10-8-30)16(11-13)19-20-22(38-23-21(19)39-26(35)29-23)25(34)31(24(20)33)15-4-2-14(28)3-5-15/h1-6,11,19-20,22H,7-10,12H2,(H,29,35)/t19-,20?,22?/m1/s1. The highest BCUT2D eigenvalue weighted by Gasteiger charge is 2.56. The van der Waals surface area contributed by atoms with Crippen molar-refractivity contribution in [1.29, 1.82) is 0 Å². The van der Waals surface area contributed by atoms with Gasteiger partial charge in [0.1, 0.15) is 11.0 Å². The molecular formula is C26H21BrClN3O6S2. The number of thiazole rings is 1. The Hall–Kier alpha value is -2.64. The average Bonchev–Trinajstić information content (AvgIpc) is 3.43. The summed E-state index contributed by atoms with van der Waals surface area (Å²) >= 11 is 11.8. The molecule has 9 nitrogen and oxygen atoms in total. The van der Waals surface area contributed by atoms with Gasteiger partial charge < -0.3 is 19.4 Å². The Morgan fingerprint density at radius 2 is 1.85 bits per heavy atom. The maximum Gasteiger partial charge on any atom is 0.305 e. The number of hydrogen-bond acceptors (Lipinski definition) is 8. The predicted octanol–water partition coefficient (Wildman–Crippen LogP) is 3.89. The van der Waals surface area contributed by atoms with Crippen LogP contribution >= 0.6 is 50.6 Å². The molecule has 3 aliphatic rings.